The zero-order valence-corrected chi connectivity index (χ0v) is 20.2. The van der Waals surface area contributed by atoms with E-state index in [1.54, 1.807) is 10.8 Å². The number of aryl methyl sites for hydroxylation is 1. The van der Waals surface area contributed by atoms with E-state index in [1.165, 1.54) is 6.07 Å². The highest BCUT2D eigenvalue weighted by Crippen LogP contribution is 2.34. The molecule has 11 heteroatoms. The molecule has 1 aromatic carbocycles. The zero-order valence-electron chi connectivity index (χ0n) is 20.2. The molecule has 0 spiro atoms. The average molecular weight is 500 g/mol. The van der Waals surface area contributed by atoms with Gasteiger partial charge in [0.05, 0.1) is 5.52 Å². The molecule has 0 amide bonds. The monoisotopic (exact) mass is 499 g/mol. The van der Waals surface area contributed by atoms with Crippen LogP contribution < -0.4 is 10.1 Å². The van der Waals surface area contributed by atoms with Gasteiger partial charge in [-0.25, -0.2) is 18.8 Å². The van der Waals surface area contributed by atoms with E-state index in [2.05, 4.69) is 37.0 Å². The van der Waals surface area contributed by atoms with Crippen LogP contribution in [0.3, 0.4) is 0 Å². The van der Waals surface area contributed by atoms with Gasteiger partial charge in [0.1, 0.15) is 12.1 Å². The summed E-state index contributed by atoms with van der Waals surface area (Å²) < 4.78 is 51.7. The van der Waals surface area contributed by atoms with Crippen molar-refractivity contribution in [2.75, 3.05) is 38.0 Å². The van der Waals surface area contributed by atoms with E-state index in [4.69, 9.17) is 4.74 Å². The molecule has 36 heavy (non-hydrogen) atoms. The molecule has 0 aliphatic carbocycles. The number of nitrogens with one attached hydrogen (secondary N) is 1. The van der Waals surface area contributed by atoms with Gasteiger partial charge in [0.15, 0.2) is 23.2 Å². The van der Waals surface area contributed by atoms with E-state index in [1.807, 2.05) is 19.2 Å². The molecule has 2 aliphatic heterocycles. The fourth-order valence-electron chi connectivity index (χ4n) is 4.62. The van der Waals surface area contributed by atoms with Crippen LogP contribution in [0.4, 0.5) is 19.0 Å². The number of fused-ring (bicyclic) bond motifs is 1. The lowest BCUT2D eigenvalue weighted by Gasteiger charge is -2.38. The molecule has 5 rings (SSSR count). The highest BCUT2D eigenvalue weighted by molar-refractivity contribution is 5.83. The number of anilines is 1. The minimum Gasteiger partial charge on any atom is -0.433 e. The second-order valence-electron chi connectivity index (χ2n) is 8.74. The number of likely N-dealkylation sites (N-methyl/N-ethyl adjacent to an activating group) is 1. The number of halogens is 3. The minimum atomic E-state index is -0.933. The largest absolute Gasteiger partial charge is 0.433 e. The van der Waals surface area contributed by atoms with Gasteiger partial charge in [-0.1, -0.05) is 6.92 Å². The van der Waals surface area contributed by atoms with E-state index in [0.29, 0.717) is 12.4 Å². The fraction of sp³-hybridized carbons (Fsp3) is 0.400. The Bertz CT molecular complexity index is 1310. The first-order chi connectivity index (χ1) is 17.5. The number of hydrogen-bond acceptors (Lipinski definition) is 7. The number of aliphatic imine (C=N–C) groups is 1. The lowest BCUT2D eigenvalue weighted by atomic mass is 10.1. The average Bonchev–Trinajstić information content (AvgIpc) is 3.35. The van der Waals surface area contributed by atoms with E-state index in [0.717, 1.165) is 51.5 Å². The zero-order chi connectivity index (χ0) is 25.2. The lowest BCUT2D eigenvalue weighted by Crippen LogP contribution is -2.50. The Morgan fingerprint density at radius 1 is 1.06 bits per heavy atom. The van der Waals surface area contributed by atoms with Gasteiger partial charge in [0.2, 0.25) is 5.82 Å². The smallest absolute Gasteiger partial charge is 0.261 e. The molecular weight excluding hydrogens is 471 g/mol. The highest BCUT2D eigenvalue weighted by Gasteiger charge is 2.24. The van der Waals surface area contributed by atoms with Gasteiger partial charge in [-0.15, -0.1) is 0 Å². The first-order valence-corrected chi connectivity index (χ1v) is 12.1. The molecule has 0 bridgehead atoms. The summed E-state index contributed by atoms with van der Waals surface area (Å²) in [6.45, 7) is 9.55. The van der Waals surface area contributed by atoms with Gasteiger partial charge < -0.3 is 19.5 Å². The van der Waals surface area contributed by atoms with E-state index in [9.17, 15) is 8.78 Å². The molecule has 190 valence electrons. The summed E-state index contributed by atoms with van der Waals surface area (Å²) in [5.41, 5.74) is 0.125. The summed E-state index contributed by atoms with van der Waals surface area (Å²) in [5, 5.41) is 2.89. The maximum atomic E-state index is 15.1. The number of rotatable bonds is 7. The van der Waals surface area contributed by atoms with Gasteiger partial charge in [-0.2, -0.15) is 9.37 Å². The molecular formula is C25H28F3N7O. The Morgan fingerprint density at radius 3 is 2.56 bits per heavy atom. The quantitative estimate of drug-likeness (QED) is 0.520. The minimum absolute atomic E-state index is 0.0482. The van der Waals surface area contributed by atoms with Crippen LogP contribution in [-0.4, -0.2) is 69.3 Å². The van der Waals surface area contributed by atoms with Crippen LogP contribution in [-0.2, 0) is 6.54 Å². The Kier molecular flexibility index (Phi) is 6.92. The molecule has 0 saturated carbocycles. The summed E-state index contributed by atoms with van der Waals surface area (Å²) in [5.74, 6) is -3.10. The van der Waals surface area contributed by atoms with Gasteiger partial charge >= 0.3 is 0 Å². The van der Waals surface area contributed by atoms with Gasteiger partial charge in [0.25, 0.3) is 5.88 Å². The molecule has 1 N–H and O–H groups in total. The molecule has 2 aromatic heterocycles. The van der Waals surface area contributed by atoms with Crippen LogP contribution in [0, 0.1) is 17.5 Å². The third-order valence-electron chi connectivity index (χ3n) is 6.71. The summed E-state index contributed by atoms with van der Waals surface area (Å²) in [4.78, 5) is 16.9. The number of benzene rings is 1. The van der Waals surface area contributed by atoms with Crippen LogP contribution >= 0.6 is 0 Å². The van der Waals surface area contributed by atoms with Crippen molar-refractivity contribution in [3.8, 4) is 11.6 Å². The third-order valence-corrected chi connectivity index (χ3v) is 6.71. The summed E-state index contributed by atoms with van der Waals surface area (Å²) in [6.07, 6.45) is 7.15. The van der Waals surface area contributed by atoms with Crippen LogP contribution in [0.15, 0.2) is 41.5 Å². The maximum absolute atomic E-state index is 15.1. The van der Waals surface area contributed by atoms with E-state index >= 15 is 4.39 Å². The molecule has 1 unspecified atom stereocenters. The van der Waals surface area contributed by atoms with E-state index < -0.39 is 29.1 Å². The molecule has 1 atom stereocenters. The topological polar surface area (TPSA) is 70.8 Å². The Balaban J connectivity index is 1.29. The SMILES string of the molecule is CCN1CCN(C2C=NC(Nc3ncnc(Oc4cc(F)c5c(ccn5CC)c4F)c3F)=CC2)CC1. The van der Waals surface area contributed by atoms with Crippen LogP contribution in [0.5, 0.6) is 11.6 Å². The van der Waals surface area contributed by atoms with Crippen LogP contribution in [0.2, 0.25) is 0 Å². The Labute approximate surface area is 207 Å². The predicted octanol–water partition coefficient (Wildman–Crippen LogP) is 4.39. The summed E-state index contributed by atoms with van der Waals surface area (Å²) in [6, 6.07) is 2.55. The first-order valence-electron chi connectivity index (χ1n) is 12.1. The summed E-state index contributed by atoms with van der Waals surface area (Å²) >= 11 is 0. The lowest BCUT2D eigenvalue weighted by molar-refractivity contribution is 0.123. The second kappa shape index (κ2) is 10.3. The standard InChI is InChI=1S/C25H28F3N7O/c1-3-33-9-11-35(12-10-33)16-5-6-20(29-14-16)32-24-22(28)25(31-15-30-24)36-19-13-18(26)23-17(21(19)27)7-8-34(23)4-2/h6-8,13-16H,3-5,9-12H2,1-2H3,(H,30,31,32). The third kappa shape index (κ3) is 4.68. The number of nitrogens with zero attached hydrogens (tertiary/aromatic N) is 6. The molecule has 2 aliphatic rings. The molecule has 1 fully saturated rings. The second-order valence-corrected chi connectivity index (χ2v) is 8.74. The molecule has 3 aromatic rings. The number of piperazine rings is 1. The van der Waals surface area contributed by atoms with Crippen molar-refractivity contribution in [2.45, 2.75) is 32.9 Å². The van der Waals surface area contributed by atoms with Crippen molar-refractivity contribution in [1.29, 1.82) is 0 Å². The molecule has 8 nitrogen and oxygen atoms in total. The Morgan fingerprint density at radius 2 is 1.86 bits per heavy atom. The number of hydrogen-bond donors (Lipinski definition) is 1. The fourth-order valence-corrected chi connectivity index (χ4v) is 4.62. The molecule has 0 radical (unpaired) electrons. The van der Waals surface area contributed by atoms with Gasteiger partial charge in [0, 0.05) is 62.6 Å². The van der Waals surface area contributed by atoms with Crippen LogP contribution in [0.1, 0.15) is 20.3 Å². The Hall–Kier alpha value is -3.44. The maximum Gasteiger partial charge on any atom is 0.261 e. The molecule has 1 saturated heterocycles. The van der Waals surface area contributed by atoms with Crippen molar-refractivity contribution in [2.24, 2.45) is 4.99 Å². The number of ether oxygens (including phenoxy) is 1. The van der Waals surface area contributed by atoms with Gasteiger partial charge in [-0.05, 0) is 32.0 Å². The first kappa shape index (κ1) is 24.3. The van der Waals surface area contributed by atoms with Crippen molar-refractivity contribution >= 4 is 22.9 Å². The van der Waals surface area contributed by atoms with Crippen molar-refractivity contribution in [1.82, 2.24) is 24.3 Å². The van der Waals surface area contributed by atoms with Crippen molar-refractivity contribution in [3.63, 3.8) is 0 Å². The predicted molar refractivity (Wildman–Crippen MR) is 132 cm³/mol. The van der Waals surface area contributed by atoms with Crippen molar-refractivity contribution in [3.05, 3.63) is 54.0 Å². The van der Waals surface area contributed by atoms with Crippen LogP contribution in [0.25, 0.3) is 10.9 Å². The van der Waals surface area contributed by atoms with Crippen molar-refractivity contribution < 1.29 is 17.9 Å². The summed E-state index contributed by atoms with van der Waals surface area (Å²) in [7, 11) is 0. The normalized spacial score (nSPS) is 19.0. The highest BCUT2D eigenvalue weighted by atomic mass is 19.1. The van der Waals surface area contributed by atoms with E-state index in [-0.39, 0.29) is 22.8 Å². The number of aromatic nitrogens is 3. The van der Waals surface area contributed by atoms with Gasteiger partial charge in [-0.3, -0.25) is 4.90 Å². The molecule has 4 heterocycles.